The van der Waals surface area contributed by atoms with Crippen LogP contribution in [0.2, 0.25) is 0 Å². The van der Waals surface area contributed by atoms with Crippen molar-refractivity contribution in [1.82, 2.24) is 5.32 Å². The van der Waals surface area contributed by atoms with Crippen LogP contribution in [0.5, 0.6) is 0 Å². The van der Waals surface area contributed by atoms with E-state index >= 15 is 0 Å². The van der Waals surface area contributed by atoms with Gasteiger partial charge in [0, 0.05) is 6.04 Å². The lowest BCUT2D eigenvalue weighted by molar-refractivity contribution is 0.476. The molecule has 0 radical (unpaired) electrons. The van der Waals surface area contributed by atoms with Crippen LogP contribution in [0.1, 0.15) is 90.9 Å². The highest BCUT2D eigenvalue weighted by Crippen LogP contribution is 2.09. The van der Waals surface area contributed by atoms with E-state index in [0.717, 1.165) is 6.54 Å². The van der Waals surface area contributed by atoms with Gasteiger partial charge >= 0.3 is 0 Å². The molecule has 0 aliphatic heterocycles. The molecule has 0 rings (SSSR count). The molecule has 2 heteroatoms. The molecule has 0 aromatic rings. The lowest BCUT2D eigenvalue weighted by atomic mass is 10.1. The molecule has 0 aliphatic carbocycles. The zero-order valence-electron chi connectivity index (χ0n) is 13.6. The molecule has 0 heterocycles. The van der Waals surface area contributed by atoms with Gasteiger partial charge in [-0.1, -0.05) is 64.7 Å². The van der Waals surface area contributed by atoms with Gasteiger partial charge < -0.3 is 11.1 Å². The zero-order valence-corrected chi connectivity index (χ0v) is 13.6. The summed E-state index contributed by atoms with van der Waals surface area (Å²) in [6, 6.07) is 0.711. The maximum Gasteiger partial charge on any atom is 0.00387 e. The van der Waals surface area contributed by atoms with Gasteiger partial charge in [0.2, 0.25) is 0 Å². The van der Waals surface area contributed by atoms with Crippen LogP contribution in [0.25, 0.3) is 0 Å². The maximum atomic E-state index is 5.48. The summed E-state index contributed by atoms with van der Waals surface area (Å²) in [5, 5.41) is 3.63. The monoisotopic (exact) mass is 270 g/mol. The van der Waals surface area contributed by atoms with E-state index in [4.69, 9.17) is 5.73 Å². The molecule has 0 aromatic carbocycles. The Morgan fingerprint density at radius 2 is 1.32 bits per heavy atom. The van der Waals surface area contributed by atoms with Gasteiger partial charge in [-0.3, -0.25) is 0 Å². The first-order valence-electron chi connectivity index (χ1n) is 8.74. The predicted octanol–water partition coefficient (Wildman–Crippen LogP) is 4.62. The third kappa shape index (κ3) is 15.9. The van der Waals surface area contributed by atoms with Crippen LogP contribution in [0, 0.1) is 0 Å². The van der Waals surface area contributed by atoms with Gasteiger partial charge in [0.05, 0.1) is 0 Å². The van der Waals surface area contributed by atoms with Crippen molar-refractivity contribution >= 4 is 0 Å². The largest absolute Gasteiger partial charge is 0.330 e. The summed E-state index contributed by atoms with van der Waals surface area (Å²) >= 11 is 0. The van der Waals surface area contributed by atoms with Gasteiger partial charge in [-0.15, -0.1) is 0 Å². The molecular weight excluding hydrogens is 232 g/mol. The third-order valence-electron chi connectivity index (χ3n) is 3.86. The molecule has 19 heavy (non-hydrogen) atoms. The Hall–Kier alpha value is -0.0800. The second-order valence-corrected chi connectivity index (χ2v) is 5.97. The fourth-order valence-electron chi connectivity index (χ4n) is 2.47. The van der Waals surface area contributed by atoms with Gasteiger partial charge in [0.25, 0.3) is 0 Å². The van der Waals surface area contributed by atoms with E-state index in [0.29, 0.717) is 6.04 Å². The number of nitrogens with one attached hydrogen (secondary N) is 1. The lowest BCUT2D eigenvalue weighted by Crippen LogP contribution is -2.26. The topological polar surface area (TPSA) is 38.0 Å². The maximum absolute atomic E-state index is 5.48. The molecule has 0 fully saturated rings. The Labute approximate surface area is 121 Å². The van der Waals surface area contributed by atoms with Crippen molar-refractivity contribution < 1.29 is 0 Å². The van der Waals surface area contributed by atoms with Crippen molar-refractivity contribution in [3.8, 4) is 0 Å². The van der Waals surface area contributed by atoms with Crippen LogP contribution in [-0.2, 0) is 0 Å². The highest BCUT2D eigenvalue weighted by molar-refractivity contribution is 4.60. The SMILES string of the molecule is CCCCC(C)NCCCCCCCCCCCN. The number of rotatable bonds is 15. The van der Waals surface area contributed by atoms with Crippen molar-refractivity contribution in [1.29, 1.82) is 0 Å². The molecule has 0 bridgehead atoms. The quantitative estimate of drug-likeness (QED) is 0.426. The average molecular weight is 271 g/mol. The minimum Gasteiger partial charge on any atom is -0.330 e. The summed E-state index contributed by atoms with van der Waals surface area (Å²) in [6.07, 6.45) is 16.4. The normalized spacial score (nSPS) is 12.8. The lowest BCUT2D eigenvalue weighted by Gasteiger charge is -2.12. The number of hydrogen-bond donors (Lipinski definition) is 2. The molecule has 0 amide bonds. The van der Waals surface area contributed by atoms with Gasteiger partial charge in [-0.25, -0.2) is 0 Å². The van der Waals surface area contributed by atoms with Crippen LogP contribution in [0.3, 0.4) is 0 Å². The molecule has 116 valence electrons. The van der Waals surface area contributed by atoms with Crippen LogP contribution < -0.4 is 11.1 Å². The first-order valence-corrected chi connectivity index (χ1v) is 8.74. The van der Waals surface area contributed by atoms with Gasteiger partial charge in [-0.2, -0.15) is 0 Å². The van der Waals surface area contributed by atoms with Crippen LogP contribution in [0.4, 0.5) is 0 Å². The van der Waals surface area contributed by atoms with E-state index in [2.05, 4.69) is 19.2 Å². The minimum absolute atomic E-state index is 0.711. The summed E-state index contributed by atoms with van der Waals surface area (Å²) < 4.78 is 0. The minimum atomic E-state index is 0.711. The smallest absolute Gasteiger partial charge is 0.00387 e. The predicted molar refractivity (Wildman–Crippen MR) is 87.6 cm³/mol. The number of hydrogen-bond acceptors (Lipinski definition) is 2. The second-order valence-electron chi connectivity index (χ2n) is 5.97. The second kappa shape index (κ2) is 16.0. The Balaban J connectivity index is 3.02. The van der Waals surface area contributed by atoms with Crippen LogP contribution >= 0.6 is 0 Å². The molecule has 0 saturated heterocycles. The number of unbranched alkanes of at least 4 members (excludes halogenated alkanes) is 9. The summed E-state index contributed by atoms with van der Waals surface area (Å²) in [5.41, 5.74) is 5.48. The van der Waals surface area contributed by atoms with E-state index in [9.17, 15) is 0 Å². The van der Waals surface area contributed by atoms with Crippen molar-refractivity contribution in [2.75, 3.05) is 13.1 Å². The highest BCUT2D eigenvalue weighted by atomic mass is 14.9. The molecule has 0 spiro atoms. The standard InChI is InChI=1S/C17H38N2/c1-3-4-14-17(2)19-16-13-11-9-7-5-6-8-10-12-15-18/h17,19H,3-16,18H2,1-2H3. The Kier molecular flexibility index (Phi) is 15.9. The van der Waals surface area contributed by atoms with Gasteiger partial charge in [0.15, 0.2) is 0 Å². The highest BCUT2D eigenvalue weighted by Gasteiger charge is 1.99. The summed E-state index contributed by atoms with van der Waals surface area (Å²) in [4.78, 5) is 0. The molecule has 2 nitrogen and oxygen atoms in total. The molecule has 0 aromatic heterocycles. The van der Waals surface area contributed by atoms with Gasteiger partial charge in [-0.05, 0) is 39.3 Å². The molecule has 0 saturated carbocycles. The first kappa shape index (κ1) is 18.9. The Morgan fingerprint density at radius 1 is 0.789 bits per heavy atom. The fourth-order valence-corrected chi connectivity index (χ4v) is 2.47. The molecule has 1 unspecified atom stereocenters. The van der Waals surface area contributed by atoms with Crippen LogP contribution in [0.15, 0.2) is 0 Å². The zero-order chi connectivity index (χ0) is 14.2. The van der Waals surface area contributed by atoms with Crippen molar-refractivity contribution in [3.63, 3.8) is 0 Å². The van der Waals surface area contributed by atoms with E-state index in [-0.39, 0.29) is 0 Å². The molecule has 1 atom stereocenters. The molecular formula is C17H38N2. The average Bonchev–Trinajstić information content (AvgIpc) is 2.42. The van der Waals surface area contributed by atoms with E-state index in [1.165, 1.54) is 83.6 Å². The first-order chi connectivity index (χ1) is 9.31. The summed E-state index contributed by atoms with van der Waals surface area (Å²) in [7, 11) is 0. The van der Waals surface area contributed by atoms with E-state index in [1.807, 2.05) is 0 Å². The Morgan fingerprint density at radius 3 is 1.84 bits per heavy atom. The molecule has 0 aliphatic rings. The van der Waals surface area contributed by atoms with E-state index in [1.54, 1.807) is 0 Å². The Bertz CT molecular complexity index is 159. The third-order valence-corrected chi connectivity index (χ3v) is 3.86. The number of nitrogens with two attached hydrogens (primary N) is 1. The summed E-state index contributed by atoms with van der Waals surface area (Å²) in [6.45, 7) is 6.66. The van der Waals surface area contributed by atoms with Crippen molar-refractivity contribution in [2.45, 2.75) is 96.9 Å². The van der Waals surface area contributed by atoms with Crippen molar-refractivity contribution in [3.05, 3.63) is 0 Å². The molecule has 3 N–H and O–H groups in total. The van der Waals surface area contributed by atoms with Gasteiger partial charge in [0.1, 0.15) is 0 Å². The van der Waals surface area contributed by atoms with Crippen LogP contribution in [-0.4, -0.2) is 19.1 Å². The fraction of sp³-hybridized carbons (Fsp3) is 1.00. The summed E-state index contributed by atoms with van der Waals surface area (Å²) in [5.74, 6) is 0. The van der Waals surface area contributed by atoms with Crippen molar-refractivity contribution in [2.24, 2.45) is 5.73 Å². The van der Waals surface area contributed by atoms with E-state index < -0.39 is 0 Å².